The highest BCUT2D eigenvalue weighted by molar-refractivity contribution is 5.68. The van der Waals surface area contributed by atoms with Crippen molar-refractivity contribution in [3.05, 3.63) is 28.4 Å². The molecule has 1 aliphatic rings. The molecule has 0 bridgehead atoms. The second kappa shape index (κ2) is 8.47. The molecule has 2 heterocycles. The van der Waals surface area contributed by atoms with Crippen LogP contribution in [0.2, 0.25) is 0 Å². The number of hydrogen-bond donors (Lipinski definition) is 0. The highest BCUT2D eigenvalue weighted by Crippen LogP contribution is 2.19. The lowest BCUT2D eigenvalue weighted by atomic mass is 10.2. The Bertz CT molecular complexity index is 546. The van der Waals surface area contributed by atoms with Crippen molar-refractivity contribution in [1.82, 2.24) is 9.88 Å². The number of nitro groups is 1. The van der Waals surface area contributed by atoms with Gasteiger partial charge in [-0.25, -0.2) is 4.79 Å². The smallest absolute Gasteiger partial charge is 0.410 e. The summed E-state index contributed by atoms with van der Waals surface area (Å²) in [6, 6.07) is 3.06. The minimum Gasteiger partial charge on any atom is -0.444 e. The van der Waals surface area contributed by atoms with Crippen LogP contribution in [0.15, 0.2) is 18.3 Å². The van der Waals surface area contributed by atoms with E-state index >= 15 is 0 Å². The fourth-order valence-corrected chi connectivity index (χ4v) is 2.15. The Morgan fingerprint density at radius 2 is 1.79 bits per heavy atom. The molecular formula is C16H26N4O4. The number of aromatic nitrogens is 1. The third-order valence-corrected chi connectivity index (χ3v) is 3.22. The minimum atomic E-state index is -0.524. The van der Waals surface area contributed by atoms with E-state index in [0.717, 1.165) is 5.69 Å². The Kier molecular flexibility index (Phi) is 6.94. The van der Waals surface area contributed by atoms with Crippen molar-refractivity contribution >= 4 is 17.6 Å². The van der Waals surface area contributed by atoms with Gasteiger partial charge in [0.1, 0.15) is 5.60 Å². The van der Waals surface area contributed by atoms with Crippen LogP contribution in [0.4, 0.5) is 16.3 Å². The number of amides is 1. The monoisotopic (exact) mass is 338 g/mol. The summed E-state index contributed by atoms with van der Waals surface area (Å²) >= 11 is 0. The summed E-state index contributed by atoms with van der Waals surface area (Å²) in [6.07, 6.45) is 1.18. The average molecular weight is 338 g/mol. The number of carbonyl (C=O) groups is 1. The summed E-state index contributed by atoms with van der Waals surface area (Å²) in [7, 11) is 0. The number of rotatable bonds is 2. The van der Waals surface area contributed by atoms with Gasteiger partial charge in [0.25, 0.3) is 0 Å². The molecule has 134 valence electrons. The quantitative estimate of drug-likeness (QED) is 0.608. The van der Waals surface area contributed by atoms with E-state index in [0.29, 0.717) is 26.2 Å². The Hall–Kier alpha value is -2.38. The maximum Gasteiger partial charge on any atom is 0.410 e. The first-order valence-electron chi connectivity index (χ1n) is 8.09. The third-order valence-electron chi connectivity index (χ3n) is 3.22. The molecule has 1 aromatic heterocycles. The van der Waals surface area contributed by atoms with E-state index in [2.05, 4.69) is 4.98 Å². The van der Waals surface area contributed by atoms with E-state index in [4.69, 9.17) is 4.74 Å². The molecule has 0 spiro atoms. The zero-order valence-corrected chi connectivity index (χ0v) is 15.0. The first kappa shape index (κ1) is 19.7. The van der Waals surface area contributed by atoms with E-state index in [1.165, 1.54) is 12.3 Å². The van der Waals surface area contributed by atoms with Crippen LogP contribution >= 0.6 is 0 Å². The summed E-state index contributed by atoms with van der Waals surface area (Å²) in [4.78, 5) is 29.6. The van der Waals surface area contributed by atoms with Gasteiger partial charge in [-0.2, -0.15) is 0 Å². The summed E-state index contributed by atoms with van der Waals surface area (Å²) in [5.74, 6) is -0.170. The highest BCUT2D eigenvalue weighted by atomic mass is 16.6. The van der Waals surface area contributed by atoms with Gasteiger partial charge in [0.05, 0.1) is 5.69 Å². The Balaban J connectivity index is 0.00000139. The van der Waals surface area contributed by atoms with Crippen LogP contribution < -0.4 is 4.90 Å². The molecule has 1 aliphatic heterocycles. The van der Waals surface area contributed by atoms with Gasteiger partial charge in [-0.1, -0.05) is 13.8 Å². The van der Waals surface area contributed by atoms with E-state index < -0.39 is 10.5 Å². The van der Waals surface area contributed by atoms with Gasteiger partial charge < -0.3 is 24.7 Å². The number of pyridine rings is 1. The second-order valence-corrected chi connectivity index (χ2v) is 6.09. The fraction of sp³-hybridized carbons (Fsp3) is 0.625. The lowest BCUT2D eigenvalue weighted by molar-refractivity contribution is -0.389. The van der Waals surface area contributed by atoms with Gasteiger partial charge >= 0.3 is 11.9 Å². The van der Waals surface area contributed by atoms with Gasteiger partial charge in [-0.15, -0.1) is 0 Å². The molecule has 0 N–H and O–H groups in total. The standard InChI is InChI=1S/C14H20N4O4.C2H6/c1-14(2,3)22-13(19)17-8-6-16(7-9-17)11-4-5-12(15-10-11)18(20)21;1-2/h4-5,10H,6-9H2,1-3H3;1-2H3. The van der Waals surface area contributed by atoms with Crippen molar-refractivity contribution in [2.24, 2.45) is 0 Å². The van der Waals surface area contributed by atoms with Gasteiger partial charge in [-0.05, 0) is 36.7 Å². The summed E-state index contributed by atoms with van der Waals surface area (Å²) in [5, 5.41) is 10.6. The van der Waals surface area contributed by atoms with E-state index in [1.54, 1.807) is 11.0 Å². The first-order valence-corrected chi connectivity index (χ1v) is 8.09. The molecule has 1 fully saturated rings. The molecule has 0 aliphatic carbocycles. The molecule has 0 atom stereocenters. The molecule has 0 aromatic carbocycles. The molecular weight excluding hydrogens is 312 g/mol. The van der Waals surface area contributed by atoms with Gasteiger partial charge in [0, 0.05) is 32.2 Å². The molecule has 24 heavy (non-hydrogen) atoms. The maximum absolute atomic E-state index is 12.0. The first-order chi connectivity index (χ1) is 11.3. The zero-order valence-electron chi connectivity index (χ0n) is 15.0. The molecule has 0 saturated carbocycles. The minimum absolute atomic E-state index is 0.170. The average Bonchev–Trinajstić information content (AvgIpc) is 2.55. The van der Waals surface area contributed by atoms with Crippen molar-refractivity contribution in [2.75, 3.05) is 31.1 Å². The number of hydrogen-bond acceptors (Lipinski definition) is 6. The van der Waals surface area contributed by atoms with Crippen LogP contribution in [0.1, 0.15) is 34.6 Å². The van der Waals surface area contributed by atoms with Crippen LogP contribution in [-0.2, 0) is 4.74 Å². The summed E-state index contributed by atoms with van der Waals surface area (Å²) < 4.78 is 5.34. The van der Waals surface area contributed by atoms with Crippen molar-refractivity contribution in [3.8, 4) is 0 Å². The lowest BCUT2D eigenvalue weighted by Crippen LogP contribution is -2.50. The van der Waals surface area contributed by atoms with Crippen LogP contribution in [0, 0.1) is 10.1 Å². The molecule has 1 saturated heterocycles. The molecule has 1 aromatic rings. The summed E-state index contributed by atoms with van der Waals surface area (Å²) in [6.45, 7) is 11.9. The molecule has 8 heteroatoms. The van der Waals surface area contributed by atoms with Crippen molar-refractivity contribution < 1.29 is 14.5 Å². The Morgan fingerprint density at radius 1 is 1.21 bits per heavy atom. The largest absolute Gasteiger partial charge is 0.444 e. The lowest BCUT2D eigenvalue weighted by Gasteiger charge is -2.36. The van der Waals surface area contributed by atoms with Gasteiger partial charge in [0.2, 0.25) is 0 Å². The van der Waals surface area contributed by atoms with Crippen molar-refractivity contribution in [3.63, 3.8) is 0 Å². The van der Waals surface area contributed by atoms with Gasteiger partial charge in [0.15, 0.2) is 6.20 Å². The second-order valence-electron chi connectivity index (χ2n) is 6.09. The highest BCUT2D eigenvalue weighted by Gasteiger charge is 2.26. The van der Waals surface area contributed by atoms with Crippen LogP contribution in [0.3, 0.4) is 0 Å². The third kappa shape index (κ3) is 5.68. The number of ether oxygens (including phenoxy) is 1. The van der Waals surface area contributed by atoms with Crippen LogP contribution in [0.25, 0.3) is 0 Å². The van der Waals surface area contributed by atoms with Crippen LogP contribution in [0.5, 0.6) is 0 Å². The fourth-order valence-electron chi connectivity index (χ4n) is 2.15. The SMILES string of the molecule is CC.CC(C)(C)OC(=O)N1CCN(c2ccc([N+](=O)[O-])nc2)CC1. The van der Waals surface area contributed by atoms with Crippen molar-refractivity contribution in [2.45, 2.75) is 40.2 Å². The van der Waals surface area contributed by atoms with E-state index in [9.17, 15) is 14.9 Å². The predicted molar refractivity (Wildman–Crippen MR) is 92.3 cm³/mol. The predicted octanol–water partition coefficient (Wildman–Crippen LogP) is 3.07. The summed E-state index contributed by atoms with van der Waals surface area (Å²) in [5.41, 5.74) is 0.311. The zero-order chi connectivity index (χ0) is 18.3. The van der Waals surface area contributed by atoms with Crippen LogP contribution in [-0.4, -0.2) is 52.7 Å². The molecule has 2 rings (SSSR count). The van der Waals surface area contributed by atoms with Gasteiger partial charge in [-0.3, -0.25) is 0 Å². The Morgan fingerprint density at radius 3 is 2.21 bits per heavy atom. The Labute approximate surface area is 142 Å². The molecule has 0 radical (unpaired) electrons. The normalized spacial score (nSPS) is 14.5. The van der Waals surface area contributed by atoms with Crippen molar-refractivity contribution in [1.29, 1.82) is 0 Å². The number of nitrogens with zero attached hydrogens (tertiary/aromatic N) is 4. The van der Waals surface area contributed by atoms with E-state index in [1.807, 2.05) is 39.5 Å². The molecule has 1 amide bonds. The molecule has 8 nitrogen and oxygen atoms in total. The number of carbonyl (C=O) groups excluding carboxylic acids is 1. The maximum atomic E-state index is 12.0. The topological polar surface area (TPSA) is 88.8 Å². The van der Waals surface area contributed by atoms with E-state index in [-0.39, 0.29) is 11.9 Å². The number of anilines is 1. The molecule has 0 unspecified atom stereocenters. The number of piperazine rings is 1.